The third-order valence-electron chi connectivity index (χ3n) is 6.49. The van der Waals surface area contributed by atoms with Crippen LogP contribution in [0.4, 0.5) is 13.2 Å². The van der Waals surface area contributed by atoms with Gasteiger partial charge in [-0.05, 0) is 92.1 Å². The molecule has 178 valence electrons. The SMILES string of the molecule is CP(C)(=O)c1ccc(CCCN2CCC3=C(Cc4ccc(Cl)cc43)C2CO)nc1C(F)(F)F. The molecule has 0 radical (unpaired) electrons. The lowest BCUT2D eigenvalue weighted by molar-refractivity contribution is -0.140. The van der Waals surface area contributed by atoms with E-state index in [9.17, 15) is 22.8 Å². The Bertz CT molecular complexity index is 1140. The molecule has 0 bridgehead atoms. The van der Waals surface area contributed by atoms with Crippen LogP contribution in [0.2, 0.25) is 5.02 Å². The predicted molar refractivity (Wildman–Crippen MR) is 126 cm³/mol. The summed E-state index contributed by atoms with van der Waals surface area (Å²) >= 11 is 6.18. The fourth-order valence-electron chi connectivity index (χ4n) is 4.95. The Morgan fingerprint density at radius 3 is 2.67 bits per heavy atom. The number of rotatable bonds is 6. The van der Waals surface area contributed by atoms with Crippen LogP contribution in [0.25, 0.3) is 5.57 Å². The minimum Gasteiger partial charge on any atom is -0.394 e. The van der Waals surface area contributed by atoms with Gasteiger partial charge < -0.3 is 9.67 Å². The van der Waals surface area contributed by atoms with Gasteiger partial charge in [-0.2, -0.15) is 13.2 Å². The van der Waals surface area contributed by atoms with Crippen LogP contribution in [-0.4, -0.2) is 54.1 Å². The van der Waals surface area contributed by atoms with E-state index in [4.69, 9.17) is 11.6 Å². The third-order valence-corrected chi connectivity index (χ3v) is 8.25. The molecule has 4 rings (SSSR count). The molecule has 0 fully saturated rings. The highest BCUT2D eigenvalue weighted by Gasteiger charge is 2.38. The molecule has 4 nitrogen and oxygen atoms in total. The normalized spacial score (nSPS) is 19.1. The largest absolute Gasteiger partial charge is 0.434 e. The number of fused-ring (bicyclic) bond motifs is 2. The van der Waals surface area contributed by atoms with Gasteiger partial charge in [0.15, 0.2) is 5.69 Å². The smallest absolute Gasteiger partial charge is 0.394 e. The van der Waals surface area contributed by atoms with E-state index in [1.165, 1.54) is 41.7 Å². The van der Waals surface area contributed by atoms with Crippen LogP contribution < -0.4 is 5.30 Å². The first-order valence-corrected chi connectivity index (χ1v) is 13.9. The number of alkyl halides is 3. The number of aryl methyl sites for hydroxylation is 1. The molecule has 0 amide bonds. The van der Waals surface area contributed by atoms with Crippen molar-refractivity contribution in [2.24, 2.45) is 0 Å². The van der Waals surface area contributed by atoms with Crippen molar-refractivity contribution in [2.45, 2.75) is 37.9 Å². The minimum atomic E-state index is -4.65. The minimum absolute atomic E-state index is 0.00594. The van der Waals surface area contributed by atoms with Crippen LogP contribution in [0.1, 0.15) is 35.4 Å². The zero-order valence-electron chi connectivity index (χ0n) is 18.6. The molecule has 1 unspecified atom stereocenters. The maximum atomic E-state index is 13.5. The second kappa shape index (κ2) is 9.18. The average molecular weight is 499 g/mol. The van der Waals surface area contributed by atoms with Gasteiger partial charge in [0.25, 0.3) is 0 Å². The summed E-state index contributed by atoms with van der Waals surface area (Å²) in [5.41, 5.74) is 4.15. The molecule has 0 saturated heterocycles. The van der Waals surface area contributed by atoms with Crippen molar-refractivity contribution in [3.05, 3.63) is 63.4 Å². The number of pyridine rings is 1. The van der Waals surface area contributed by atoms with Crippen molar-refractivity contribution in [3.63, 3.8) is 0 Å². The van der Waals surface area contributed by atoms with E-state index in [-0.39, 0.29) is 18.0 Å². The third kappa shape index (κ3) is 5.07. The van der Waals surface area contributed by atoms with Crippen LogP contribution in [0.15, 0.2) is 35.9 Å². The molecule has 1 aromatic carbocycles. The number of halogens is 4. The summed E-state index contributed by atoms with van der Waals surface area (Å²) in [4.78, 5) is 6.04. The van der Waals surface area contributed by atoms with Crippen molar-refractivity contribution in [1.29, 1.82) is 0 Å². The fourth-order valence-corrected chi connectivity index (χ4v) is 6.24. The Morgan fingerprint density at radius 1 is 1.24 bits per heavy atom. The monoisotopic (exact) mass is 498 g/mol. The first-order chi connectivity index (χ1) is 15.5. The van der Waals surface area contributed by atoms with E-state index in [1.807, 2.05) is 18.2 Å². The van der Waals surface area contributed by atoms with E-state index in [1.54, 1.807) is 6.07 Å². The Kier molecular flexibility index (Phi) is 6.81. The Balaban J connectivity index is 1.46. The van der Waals surface area contributed by atoms with Gasteiger partial charge in [0.05, 0.1) is 12.6 Å². The van der Waals surface area contributed by atoms with Crippen molar-refractivity contribution in [3.8, 4) is 0 Å². The molecule has 2 aliphatic rings. The first kappa shape index (κ1) is 24.5. The zero-order chi connectivity index (χ0) is 24.0. The molecule has 2 aromatic rings. The molecule has 1 aliphatic heterocycles. The lowest BCUT2D eigenvalue weighted by Crippen LogP contribution is -2.43. The van der Waals surface area contributed by atoms with Crippen molar-refractivity contribution >= 4 is 29.6 Å². The number of aromatic nitrogens is 1. The van der Waals surface area contributed by atoms with E-state index >= 15 is 0 Å². The van der Waals surface area contributed by atoms with Crippen molar-refractivity contribution in [1.82, 2.24) is 9.88 Å². The van der Waals surface area contributed by atoms with Gasteiger partial charge in [-0.25, -0.2) is 4.98 Å². The molecule has 0 saturated carbocycles. The zero-order valence-corrected chi connectivity index (χ0v) is 20.3. The summed E-state index contributed by atoms with van der Waals surface area (Å²) in [7, 11) is -3.10. The highest BCUT2D eigenvalue weighted by atomic mass is 35.5. The Morgan fingerprint density at radius 2 is 2.00 bits per heavy atom. The standard InChI is InChI=1S/C24H27ClF3N2O2P/c1-33(2,32)22-8-7-17(29-23(22)24(26,27)28)4-3-10-30-11-9-18-19-13-16(25)6-5-15(19)12-20(18)21(30)14-31/h5-8,13,21,31H,3-4,9-12,14H2,1-2H3. The second-order valence-corrected chi connectivity index (χ2v) is 12.7. The van der Waals surface area contributed by atoms with E-state index in [0.717, 1.165) is 19.4 Å². The topological polar surface area (TPSA) is 53.4 Å². The summed E-state index contributed by atoms with van der Waals surface area (Å²) in [6, 6.07) is 8.65. The summed E-state index contributed by atoms with van der Waals surface area (Å²) < 4.78 is 52.8. The summed E-state index contributed by atoms with van der Waals surface area (Å²) in [5, 5.41) is 10.6. The number of nitrogens with zero attached hydrogens (tertiary/aromatic N) is 2. The molecule has 1 atom stereocenters. The molecule has 1 N–H and O–H groups in total. The number of hydrogen-bond acceptors (Lipinski definition) is 4. The second-order valence-electron chi connectivity index (χ2n) is 9.09. The van der Waals surface area contributed by atoms with Gasteiger partial charge in [0.2, 0.25) is 0 Å². The van der Waals surface area contributed by atoms with Crippen LogP contribution in [-0.2, 0) is 23.6 Å². The van der Waals surface area contributed by atoms with Crippen molar-refractivity contribution < 1.29 is 22.8 Å². The first-order valence-electron chi connectivity index (χ1n) is 11.0. The number of aliphatic hydroxyl groups excluding tert-OH is 1. The van der Waals surface area contributed by atoms with Gasteiger partial charge in [0, 0.05) is 22.6 Å². The molecule has 9 heteroatoms. The van der Waals surface area contributed by atoms with Crippen LogP contribution in [0.3, 0.4) is 0 Å². The highest BCUT2D eigenvalue weighted by molar-refractivity contribution is 7.70. The van der Waals surface area contributed by atoms with Crippen LogP contribution in [0, 0.1) is 0 Å². The molecule has 33 heavy (non-hydrogen) atoms. The number of benzene rings is 1. The Hall–Kier alpha value is -1.66. The van der Waals surface area contributed by atoms with Gasteiger partial charge in [0.1, 0.15) is 7.14 Å². The predicted octanol–water partition coefficient (Wildman–Crippen LogP) is 5.01. The number of aliphatic hydroxyl groups is 1. The van der Waals surface area contributed by atoms with Crippen molar-refractivity contribution in [2.75, 3.05) is 33.0 Å². The molecule has 1 aromatic heterocycles. The molecule has 2 heterocycles. The molecule has 1 aliphatic carbocycles. The van der Waals surface area contributed by atoms with Gasteiger partial charge in [-0.3, -0.25) is 4.90 Å². The molecular formula is C24H27ClF3N2O2P. The molecular weight excluding hydrogens is 472 g/mol. The lowest BCUT2D eigenvalue weighted by atomic mass is 9.93. The quantitative estimate of drug-likeness (QED) is 0.569. The van der Waals surface area contributed by atoms with Gasteiger partial charge >= 0.3 is 6.18 Å². The fraction of sp³-hybridized carbons (Fsp3) is 0.458. The van der Waals surface area contributed by atoms with E-state index in [0.29, 0.717) is 30.1 Å². The van der Waals surface area contributed by atoms with Crippen LogP contribution >= 0.6 is 18.7 Å². The summed E-state index contributed by atoms with van der Waals surface area (Å²) in [6.45, 7) is 4.05. The molecule has 0 spiro atoms. The maximum Gasteiger partial charge on any atom is 0.434 e. The lowest BCUT2D eigenvalue weighted by Gasteiger charge is -2.36. The maximum absolute atomic E-state index is 13.5. The van der Waals surface area contributed by atoms with Gasteiger partial charge in [-0.1, -0.05) is 17.7 Å². The van der Waals surface area contributed by atoms with Crippen LogP contribution in [0.5, 0.6) is 0 Å². The highest BCUT2D eigenvalue weighted by Crippen LogP contribution is 2.42. The number of hydrogen-bond donors (Lipinski definition) is 1. The van der Waals surface area contributed by atoms with E-state index < -0.39 is 19.0 Å². The average Bonchev–Trinajstić information content (AvgIpc) is 3.10. The summed E-state index contributed by atoms with van der Waals surface area (Å²) in [5.74, 6) is 0. The van der Waals surface area contributed by atoms with Gasteiger partial charge in [-0.15, -0.1) is 0 Å². The Labute approximate surface area is 196 Å². The summed E-state index contributed by atoms with van der Waals surface area (Å²) in [6.07, 6.45) is -2.03. The van der Waals surface area contributed by atoms with E-state index in [2.05, 4.69) is 9.88 Å².